The van der Waals surface area contributed by atoms with E-state index in [0.717, 1.165) is 0 Å². The van der Waals surface area contributed by atoms with E-state index in [4.69, 9.17) is 11.6 Å². The summed E-state index contributed by atoms with van der Waals surface area (Å²) in [4.78, 5) is 11.8. The molecule has 0 bridgehead atoms. The van der Waals surface area contributed by atoms with Crippen LogP contribution in [0.5, 0.6) is 0 Å². The highest BCUT2D eigenvalue weighted by molar-refractivity contribution is 7.98. The van der Waals surface area contributed by atoms with E-state index in [-0.39, 0.29) is 34.6 Å². The van der Waals surface area contributed by atoms with E-state index in [1.807, 2.05) is 0 Å². The highest BCUT2D eigenvalue weighted by Gasteiger charge is 2.17. The zero-order chi connectivity index (χ0) is 19.7. The fourth-order valence-corrected chi connectivity index (χ4v) is 4.58. The van der Waals surface area contributed by atoms with E-state index < -0.39 is 10.0 Å². The van der Waals surface area contributed by atoms with E-state index in [2.05, 4.69) is 10.0 Å². The molecule has 0 fully saturated rings. The number of carbonyl (C=O) groups is 1. The zero-order valence-electron chi connectivity index (χ0n) is 14.5. The molecule has 0 atom stereocenters. The maximum absolute atomic E-state index is 13.5. The molecular weight excluding hydrogens is 411 g/mol. The number of benzene rings is 2. The number of thioether (sulfide) groups is 1. The van der Waals surface area contributed by atoms with Gasteiger partial charge in [-0.05, 0) is 23.8 Å². The quantitative estimate of drug-likeness (QED) is 0.567. The summed E-state index contributed by atoms with van der Waals surface area (Å²) in [6.07, 6.45) is 0.0155. The second kappa shape index (κ2) is 10.7. The number of hydrogen-bond donors (Lipinski definition) is 2. The van der Waals surface area contributed by atoms with Crippen molar-refractivity contribution in [3.8, 4) is 0 Å². The first-order valence-electron chi connectivity index (χ1n) is 8.22. The molecule has 0 saturated heterocycles. The van der Waals surface area contributed by atoms with Gasteiger partial charge < -0.3 is 5.32 Å². The Balaban J connectivity index is 1.64. The average molecular weight is 431 g/mol. The molecule has 146 valence electrons. The maximum Gasteiger partial charge on any atom is 0.242 e. The molecule has 5 nitrogen and oxygen atoms in total. The van der Waals surface area contributed by atoms with Crippen molar-refractivity contribution in [1.29, 1.82) is 0 Å². The first kappa shape index (κ1) is 21.7. The van der Waals surface area contributed by atoms with Crippen molar-refractivity contribution in [2.24, 2.45) is 0 Å². The first-order valence-corrected chi connectivity index (χ1v) is 11.2. The molecule has 0 aromatic heterocycles. The molecule has 0 aliphatic rings. The average Bonchev–Trinajstić information content (AvgIpc) is 2.63. The van der Waals surface area contributed by atoms with Gasteiger partial charge in [0, 0.05) is 31.0 Å². The van der Waals surface area contributed by atoms with Gasteiger partial charge in [0.2, 0.25) is 15.9 Å². The van der Waals surface area contributed by atoms with Gasteiger partial charge in [0.25, 0.3) is 0 Å². The Bertz CT molecular complexity index is 878. The topological polar surface area (TPSA) is 75.3 Å². The lowest BCUT2D eigenvalue weighted by molar-refractivity contribution is -0.120. The monoisotopic (exact) mass is 430 g/mol. The van der Waals surface area contributed by atoms with E-state index in [0.29, 0.717) is 23.6 Å². The third-order valence-electron chi connectivity index (χ3n) is 3.55. The third kappa shape index (κ3) is 7.14. The predicted octanol–water partition coefficient (Wildman–Crippen LogP) is 3.20. The van der Waals surface area contributed by atoms with Crippen LogP contribution >= 0.6 is 23.4 Å². The minimum Gasteiger partial charge on any atom is -0.355 e. The fraction of sp³-hybridized carbons (Fsp3) is 0.278. The molecule has 0 unspecified atom stereocenters. The Hall–Kier alpha value is -1.61. The summed E-state index contributed by atoms with van der Waals surface area (Å²) < 4.78 is 40.1. The second-order valence-electron chi connectivity index (χ2n) is 5.57. The summed E-state index contributed by atoms with van der Waals surface area (Å²) in [7, 11) is -3.75. The lowest BCUT2D eigenvalue weighted by Gasteiger charge is -2.09. The minimum atomic E-state index is -3.75. The van der Waals surface area contributed by atoms with E-state index >= 15 is 0 Å². The van der Waals surface area contributed by atoms with Gasteiger partial charge >= 0.3 is 0 Å². The highest BCUT2D eigenvalue weighted by Crippen LogP contribution is 2.20. The second-order valence-corrected chi connectivity index (χ2v) is 8.82. The summed E-state index contributed by atoms with van der Waals surface area (Å²) in [6.45, 7) is 0.400. The van der Waals surface area contributed by atoms with Crippen molar-refractivity contribution in [3.63, 3.8) is 0 Å². The van der Waals surface area contributed by atoms with Gasteiger partial charge in [-0.1, -0.05) is 41.9 Å². The standard InChI is InChI=1S/C18H20ClFN2O3S2/c19-15-6-2-4-8-17(15)27(24,25)22-10-9-18(23)21-11-12-26-13-14-5-1-3-7-16(14)20/h1-8,22H,9-13H2,(H,21,23). The number of carbonyl (C=O) groups excluding carboxylic acids is 1. The molecule has 27 heavy (non-hydrogen) atoms. The lowest BCUT2D eigenvalue weighted by Crippen LogP contribution is -2.31. The van der Waals surface area contributed by atoms with Crippen LogP contribution in [-0.2, 0) is 20.6 Å². The van der Waals surface area contributed by atoms with Crippen LogP contribution in [-0.4, -0.2) is 33.2 Å². The van der Waals surface area contributed by atoms with E-state index in [1.165, 1.54) is 30.0 Å². The van der Waals surface area contributed by atoms with Crippen LogP contribution in [0.25, 0.3) is 0 Å². The molecule has 0 aliphatic carbocycles. The van der Waals surface area contributed by atoms with E-state index in [9.17, 15) is 17.6 Å². The van der Waals surface area contributed by atoms with E-state index in [1.54, 1.807) is 30.3 Å². The molecule has 0 saturated carbocycles. The van der Waals surface area contributed by atoms with Crippen molar-refractivity contribution in [2.75, 3.05) is 18.8 Å². The fourth-order valence-electron chi connectivity index (χ4n) is 2.19. The van der Waals surface area contributed by atoms with Gasteiger partial charge in [0.05, 0.1) is 5.02 Å². The first-order chi connectivity index (χ1) is 12.9. The van der Waals surface area contributed by atoms with Crippen molar-refractivity contribution in [2.45, 2.75) is 17.1 Å². The molecule has 0 radical (unpaired) electrons. The highest BCUT2D eigenvalue weighted by atomic mass is 35.5. The Morgan fingerprint density at radius 3 is 2.52 bits per heavy atom. The normalized spacial score (nSPS) is 11.3. The van der Waals surface area contributed by atoms with Crippen LogP contribution in [0.3, 0.4) is 0 Å². The number of nitrogens with one attached hydrogen (secondary N) is 2. The Labute approximate surface area is 167 Å². The number of sulfonamides is 1. The van der Waals surface area contributed by atoms with Crippen molar-refractivity contribution in [1.82, 2.24) is 10.0 Å². The molecule has 2 aromatic rings. The van der Waals surface area contributed by atoms with Gasteiger partial charge in [0.1, 0.15) is 10.7 Å². The SMILES string of the molecule is O=C(CCNS(=O)(=O)c1ccccc1Cl)NCCSCc1ccccc1F. The molecule has 0 spiro atoms. The van der Waals surface area contributed by atoms with Crippen LogP contribution < -0.4 is 10.0 Å². The molecule has 2 rings (SSSR count). The molecule has 2 aromatic carbocycles. The molecular formula is C18H20ClFN2O3S2. The van der Waals surface area contributed by atoms with Gasteiger partial charge in [-0.25, -0.2) is 17.5 Å². The Kier molecular flexibility index (Phi) is 8.56. The minimum absolute atomic E-state index is 0.0155. The summed E-state index contributed by atoms with van der Waals surface area (Å²) in [5.74, 6) is 0.661. The molecule has 0 heterocycles. The van der Waals surface area contributed by atoms with Crippen LogP contribution in [0, 0.1) is 5.82 Å². The van der Waals surface area contributed by atoms with Crippen LogP contribution in [0.4, 0.5) is 4.39 Å². The third-order valence-corrected chi connectivity index (χ3v) is 6.52. The zero-order valence-corrected chi connectivity index (χ0v) is 16.8. The molecule has 1 amide bonds. The van der Waals surface area contributed by atoms with Crippen molar-refractivity contribution < 1.29 is 17.6 Å². The molecule has 2 N–H and O–H groups in total. The van der Waals surface area contributed by atoms with Crippen LogP contribution in [0.15, 0.2) is 53.4 Å². The van der Waals surface area contributed by atoms with Crippen molar-refractivity contribution >= 4 is 39.3 Å². The van der Waals surface area contributed by atoms with Gasteiger partial charge in [0.15, 0.2) is 0 Å². The smallest absolute Gasteiger partial charge is 0.242 e. The molecule has 9 heteroatoms. The van der Waals surface area contributed by atoms with Gasteiger partial charge in [-0.3, -0.25) is 4.79 Å². The summed E-state index contributed by atoms with van der Waals surface area (Å²) in [5, 5.41) is 2.83. The molecule has 0 aliphatic heterocycles. The number of halogens is 2. The van der Waals surface area contributed by atoms with Crippen molar-refractivity contribution in [3.05, 3.63) is 64.9 Å². The summed E-state index contributed by atoms with van der Waals surface area (Å²) in [5.41, 5.74) is 0.628. The largest absolute Gasteiger partial charge is 0.355 e. The Morgan fingerprint density at radius 1 is 1.07 bits per heavy atom. The predicted molar refractivity (Wildman–Crippen MR) is 107 cm³/mol. The summed E-state index contributed by atoms with van der Waals surface area (Å²) in [6, 6.07) is 12.7. The number of rotatable bonds is 10. The number of hydrogen-bond acceptors (Lipinski definition) is 4. The van der Waals surface area contributed by atoms with Crippen LogP contribution in [0.1, 0.15) is 12.0 Å². The van der Waals surface area contributed by atoms with Gasteiger partial charge in [-0.2, -0.15) is 11.8 Å². The maximum atomic E-state index is 13.5. The van der Waals surface area contributed by atoms with Crippen LogP contribution in [0.2, 0.25) is 5.02 Å². The van der Waals surface area contributed by atoms with Gasteiger partial charge in [-0.15, -0.1) is 0 Å². The Morgan fingerprint density at radius 2 is 1.78 bits per heavy atom. The lowest BCUT2D eigenvalue weighted by atomic mass is 10.2. The summed E-state index contributed by atoms with van der Waals surface area (Å²) >= 11 is 7.39. The number of amides is 1.